The van der Waals surface area contributed by atoms with Gasteiger partial charge in [0, 0.05) is 11.2 Å². The fraction of sp³-hybridized carbons (Fsp3) is 0.267. The standard InChI is InChI=1S/C15H14ClF2N3O4/c1-15(2,13(23)24)21-7-9(6-19-21)20-12(22)10-5-8(16)3-4-11(10)25-14(17)18/h3-7,14H,1-2H3,(H,20,22)(H,23,24). The molecule has 2 rings (SSSR count). The molecule has 0 radical (unpaired) electrons. The summed E-state index contributed by atoms with van der Waals surface area (Å²) < 4.78 is 30.3. The molecule has 0 atom stereocenters. The van der Waals surface area contributed by atoms with Gasteiger partial charge in [-0.2, -0.15) is 13.9 Å². The summed E-state index contributed by atoms with van der Waals surface area (Å²) in [5, 5.41) is 15.6. The smallest absolute Gasteiger partial charge is 0.387 e. The van der Waals surface area contributed by atoms with Crippen molar-refractivity contribution in [3.8, 4) is 5.75 Å². The number of anilines is 1. The van der Waals surface area contributed by atoms with Crippen LogP contribution in [0.25, 0.3) is 0 Å². The van der Waals surface area contributed by atoms with Crippen LogP contribution in [0.1, 0.15) is 24.2 Å². The van der Waals surface area contributed by atoms with Gasteiger partial charge in [-0.1, -0.05) is 11.6 Å². The van der Waals surface area contributed by atoms with E-state index in [9.17, 15) is 18.4 Å². The summed E-state index contributed by atoms with van der Waals surface area (Å²) in [4.78, 5) is 23.5. The summed E-state index contributed by atoms with van der Waals surface area (Å²) in [6.45, 7) is -0.245. The third-order valence-electron chi connectivity index (χ3n) is 3.34. The number of alkyl halides is 2. The van der Waals surface area contributed by atoms with E-state index in [1.807, 2.05) is 0 Å². The Labute approximate surface area is 146 Å². The minimum absolute atomic E-state index is 0.162. The number of hydrogen-bond acceptors (Lipinski definition) is 4. The molecule has 0 aliphatic carbocycles. The van der Waals surface area contributed by atoms with E-state index < -0.39 is 24.0 Å². The third-order valence-corrected chi connectivity index (χ3v) is 3.57. The summed E-state index contributed by atoms with van der Waals surface area (Å²) in [5.74, 6) is -2.21. The number of aliphatic carboxylic acids is 1. The quantitative estimate of drug-likeness (QED) is 0.811. The summed E-state index contributed by atoms with van der Waals surface area (Å²) in [7, 11) is 0. The average molecular weight is 374 g/mol. The van der Waals surface area contributed by atoms with Gasteiger partial charge in [0.2, 0.25) is 0 Å². The first-order valence-corrected chi connectivity index (χ1v) is 7.33. The van der Waals surface area contributed by atoms with E-state index in [2.05, 4.69) is 15.2 Å². The molecule has 0 fully saturated rings. The monoisotopic (exact) mass is 373 g/mol. The molecule has 0 bridgehead atoms. The molecule has 2 aromatic rings. The van der Waals surface area contributed by atoms with E-state index in [1.54, 1.807) is 0 Å². The lowest BCUT2D eigenvalue weighted by Crippen LogP contribution is -2.35. The molecule has 134 valence electrons. The van der Waals surface area contributed by atoms with Gasteiger partial charge >= 0.3 is 12.6 Å². The maximum Gasteiger partial charge on any atom is 0.387 e. The zero-order chi connectivity index (χ0) is 18.8. The fourth-order valence-corrected chi connectivity index (χ4v) is 2.04. The number of carboxylic acid groups (broad SMARTS) is 1. The predicted molar refractivity (Wildman–Crippen MR) is 85.2 cm³/mol. The van der Waals surface area contributed by atoms with Crippen molar-refractivity contribution in [3.63, 3.8) is 0 Å². The first kappa shape index (κ1) is 18.7. The van der Waals surface area contributed by atoms with Crippen LogP contribution in [0.5, 0.6) is 5.75 Å². The zero-order valence-corrected chi connectivity index (χ0v) is 13.9. The highest BCUT2D eigenvalue weighted by molar-refractivity contribution is 6.31. The Balaban J connectivity index is 2.25. The van der Waals surface area contributed by atoms with Crippen LogP contribution in [-0.4, -0.2) is 33.4 Å². The molecule has 7 nitrogen and oxygen atoms in total. The number of benzene rings is 1. The Kier molecular flexibility index (Phi) is 5.27. The van der Waals surface area contributed by atoms with Crippen molar-refractivity contribution < 1.29 is 28.2 Å². The second-order valence-corrected chi connectivity index (χ2v) is 5.95. The molecular formula is C15H14ClF2N3O4. The van der Waals surface area contributed by atoms with Gasteiger partial charge in [-0.05, 0) is 32.0 Å². The minimum atomic E-state index is -3.10. The SMILES string of the molecule is CC(C)(C(=O)O)n1cc(NC(=O)c2cc(Cl)ccc2OC(F)F)cn1. The van der Waals surface area contributed by atoms with Crippen molar-refractivity contribution in [1.29, 1.82) is 0 Å². The molecule has 1 heterocycles. The van der Waals surface area contributed by atoms with Crippen LogP contribution < -0.4 is 10.1 Å². The number of ether oxygens (including phenoxy) is 1. The molecular weight excluding hydrogens is 360 g/mol. The van der Waals surface area contributed by atoms with Crippen LogP contribution in [-0.2, 0) is 10.3 Å². The van der Waals surface area contributed by atoms with Gasteiger partial charge in [-0.15, -0.1) is 0 Å². The Hall–Kier alpha value is -2.68. The van der Waals surface area contributed by atoms with Crippen LogP contribution in [0.4, 0.5) is 14.5 Å². The Morgan fingerprint density at radius 3 is 2.68 bits per heavy atom. The van der Waals surface area contributed by atoms with E-state index in [-0.39, 0.29) is 22.0 Å². The van der Waals surface area contributed by atoms with Crippen molar-refractivity contribution in [1.82, 2.24) is 9.78 Å². The highest BCUT2D eigenvalue weighted by Crippen LogP contribution is 2.26. The van der Waals surface area contributed by atoms with Crippen molar-refractivity contribution in [2.24, 2.45) is 0 Å². The summed E-state index contributed by atoms with van der Waals surface area (Å²) in [6.07, 6.45) is 2.55. The predicted octanol–water partition coefficient (Wildman–Crippen LogP) is 3.21. The topological polar surface area (TPSA) is 93.5 Å². The third kappa shape index (κ3) is 4.24. The van der Waals surface area contributed by atoms with E-state index in [0.29, 0.717) is 0 Å². The molecule has 1 aromatic heterocycles. The molecule has 0 spiro atoms. The van der Waals surface area contributed by atoms with E-state index in [0.717, 1.165) is 10.7 Å². The van der Waals surface area contributed by atoms with Crippen LogP contribution in [0.15, 0.2) is 30.6 Å². The number of hydrogen-bond donors (Lipinski definition) is 2. The van der Waals surface area contributed by atoms with Gasteiger partial charge in [-0.3, -0.25) is 9.48 Å². The molecule has 0 unspecified atom stereocenters. The molecule has 0 saturated heterocycles. The molecule has 0 saturated carbocycles. The molecule has 10 heteroatoms. The first-order valence-electron chi connectivity index (χ1n) is 6.95. The van der Waals surface area contributed by atoms with Gasteiger partial charge in [0.15, 0.2) is 5.54 Å². The van der Waals surface area contributed by atoms with Crippen LogP contribution in [0.2, 0.25) is 5.02 Å². The number of rotatable bonds is 6. The Morgan fingerprint density at radius 2 is 2.08 bits per heavy atom. The lowest BCUT2D eigenvalue weighted by atomic mass is 10.1. The minimum Gasteiger partial charge on any atom is -0.479 e. The number of carbonyl (C=O) groups is 2. The van der Waals surface area contributed by atoms with E-state index in [4.69, 9.17) is 16.7 Å². The summed E-state index contributed by atoms with van der Waals surface area (Å²) in [6, 6.07) is 3.64. The molecule has 0 aliphatic heterocycles. The van der Waals surface area contributed by atoms with Gasteiger partial charge in [0.25, 0.3) is 5.91 Å². The van der Waals surface area contributed by atoms with Gasteiger partial charge in [-0.25, -0.2) is 4.79 Å². The maximum atomic E-state index is 12.4. The second-order valence-electron chi connectivity index (χ2n) is 5.51. The van der Waals surface area contributed by atoms with Crippen molar-refractivity contribution in [3.05, 3.63) is 41.2 Å². The number of carboxylic acids is 1. The molecule has 1 aromatic carbocycles. The van der Waals surface area contributed by atoms with Crippen molar-refractivity contribution >= 4 is 29.2 Å². The van der Waals surface area contributed by atoms with Gasteiger partial charge in [0.1, 0.15) is 5.75 Å². The fourth-order valence-electron chi connectivity index (χ4n) is 1.87. The summed E-state index contributed by atoms with van der Waals surface area (Å²) >= 11 is 5.79. The van der Waals surface area contributed by atoms with Crippen molar-refractivity contribution in [2.45, 2.75) is 26.0 Å². The number of nitrogens with one attached hydrogen (secondary N) is 1. The number of halogens is 3. The lowest BCUT2D eigenvalue weighted by Gasteiger charge is -2.19. The van der Waals surface area contributed by atoms with E-state index in [1.165, 1.54) is 38.4 Å². The highest BCUT2D eigenvalue weighted by Gasteiger charge is 2.30. The zero-order valence-electron chi connectivity index (χ0n) is 13.2. The Morgan fingerprint density at radius 1 is 1.40 bits per heavy atom. The molecule has 1 amide bonds. The second kappa shape index (κ2) is 7.06. The van der Waals surface area contributed by atoms with Crippen LogP contribution in [0.3, 0.4) is 0 Å². The average Bonchev–Trinajstić information content (AvgIpc) is 2.97. The molecule has 2 N–H and O–H groups in total. The van der Waals surface area contributed by atoms with Crippen LogP contribution >= 0.6 is 11.6 Å². The highest BCUT2D eigenvalue weighted by atomic mass is 35.5. The van der Waals surface area contributed by atoms with E-state index >= 15 is 0 Å². The molecule has 0 aliphatic rings. The number of carbonyl (C=O) groups excluding carboxylic acids is 1. The number of aromatic nitrogens is 2. The maximum absolute atomic E-state index is 12.4. The Bertz CT molecular complexity index is 808. The van der Waals surface area contributed by atoms with Crippen molar-refractivity contribution in [2.75, 3.05) is 5.32 Å². The van der Waals surface area contributed by atoms with Crippen LogP contribution in [0, 0.1) is 0 Å². The summed E-state index contributed by atoms with van der Waals surface area (Å²) in [5.41, 5.74) is -1.34. The van der Waals surface area contributed by atoms with Gasteiger partial charge < -0.3 is 15.2 Å². The number of nitrogens with zero attached hydrogens (tertiary/aromatic N) is 2. The first-order chi connectivity index (χ1) is 11.6. The normalized spacial score (nSPS) is 11.4. The largest absolute Gasteiger partial charge is 0.479 e. The lowest BCUT2D eigenvalue weighted by molar-refractivity contribution is -0.146. The molecule has 25 heavy (non-hydrogen) atoms. The number of amides is 1. The van der Waals surface area contributed by atoms with Gasteiger partial charge in [0.05, 0.1) is 17.4 Å².